The molecule has 0 heterocycles. The molecule has 0 radical (unpaired) electrons. The first-order valence-corrected chi connectivity index (χ1v) is 9.96. The highest BCUT2D eigenvalue weighted by atomic mass is 35.5. The summed E-state index contributed by atoms with van der Waals surface area (Å²) in [5, 5.41) is 4.54. The largest absolute Gasteiger partial charge is 0.481 e. The van der Waals surface area contributed by atoms with Crippen LogP contribution in [0.2, 0.25) is 15.1 Å². The third kappa shape index (κ3) is 6.98. The molecule has 2 aromatic rings. The van der Waals surface area contributed by atoms with Gasteiger partial charge >= 0.3 is 0 Å². The van der Waals surface area contributed by atoms with Gasteiger partial charge in [0.25, 0.3) is 5.91 Å². The van der Waals surface area contributed by atoms with Crippen molar-refractivity contribution in [1.82, 2.24) is 5.32 Å². The first kappa shape index (κ1) is 20.2. The first-order valence-electron chi connectivity index (χ1n) is 7.67. The van der Waals surface area contributed by atoms with Gasteiger partial charge < -0.3 is 10.1 Å². The van der Waals surface area contributed by atoms with E-state index in [1.807, 2.05) is 12.1 Å². The minimum absolute atomic E-state index is 0.157. The Balaban J connectivity index is 1.66. The van der Waals surface area contributed by atoms with Gasteiger partial charge in [-0.05, 0) is 42.8 Å². The van der Waals surface area contributed by atoms with E-state index in [0.29, 0.717) is 27.4 Å². The fourth-order valence-corrected chi connectivity index (χ4v) is 3.31. The molecule has 2 aromatic carbocycles. The molecule has 0 aliphatic rings. The number of amides is 1. The molecule has 25 heavy (non-hydrogen) atoms. The Morgan fingerprint density at radius 1 is 1.16 bits per heavy atom. The predicted molar refractivity (Wildman–Crippen MR) is 107 cm³/mol. The van der Waals surface area contributed by atoms with Crippen molar-refractivity contribution in [2.24, 2.45) is 0 Å². The zero-order valence-electron chi connectivity index (χ0n) is 13.6. The van der Waals surface area contributed by atoms with Crippen LogP contribution in [-0.4, -0.2) is 24.3 Å². The van der Waals surface area contributed by atoms with Crippen molar-refractivity contribution in [2.45, 2.75) is 18.8 Å². The van der Waals surface area contributed by atoms with Gasteiger partial charge in [-0.15, -0.1) is 0 Å². The predicted octanol–water partition coefficient (Wildman–Crippen LogP) is 5.46. The number of rotatable bonds is 8. The number of ether oxygens (including phenoxy) is 1. The van der Waals surface area contributed by atoms with E-state index in [1.165, 1.54) is 0 Å². The normalized spacial score (nSPS) is 11.8. The zero-order valence-corrected chi connectivity index (χ0v) is 16.7. The van der Waals surface area contributed by atoms with Gasteiger partial charge in [-0.1, -0.05) is 46.9 Å². The Morgan fingerprint density at radius 3 is 2.68 bits per heavy atom. The highest BCUT2D eigenvalue weighted by Crippen LogP contribution is 2.24. The lowest BCUT2D eigenvalue weighted by atomic mass is 10.2. The lowest BCUT2D eigenvalue weighted by Gasteiger charge is -2.14. The smallest absolute Gasteiger partial charge is 0.260 e. The first-order chi connectivity index (χ1) is 12.0. The molecule has 0 saturated carbocycles. The van der Waals surface area contributed by atoms with Crippen LogP contribution in [0.5, 0.6) is 5.75 Å². The molecule has 1 atom stereocenters. The van der Waals surface area contributed by atoms with Gasteiger partial charge in [0, 0.05) is 23.1 Å². The Bertz CT molecular complexity index is 727. The van der Waals surface area contributed by atoms with E-state index < -0.39 is 6.10 Å². The van der Waals surface area contributed by atoms with Crippen LogP contribution in [0.3, 0.4) is 0 Å². The molecule has 0 fully saturated rings. The molecule has 0 bridgehead atoms. The molecule has 0 saturated heterocycles. The number of benzene rings is 2. The molecular weight excluding hydrogens is 401 g/mol. The Morgan fingerprint density at radius 2 is 1.96 bits per heavy atom. The van der Waals surface area contributed by atoms with Gasteiger partial charge in [0.1, 0.15) is 5.75 Å². The summed E-state index contributed by atoms with van der Waals surface area (Å²) < 4.78 is 5.58. The number of thioether (sulfide) groups is 1. The van der Waals surface area contributed by atoms with Crippen molar-refractivity contribution in [3.8, 4) is 5.75 Å². The summed E-state index contributed by atoms with van der Waals surface area (Å²) in [7, 11) is 0. The van der Waals surface area contributed by atoms with Crippen LogP contribution in [0.1, 0.15) is 12.5 Å². The Kier molecular flexibility index (Phi) is 8.24. The maximum absolute atomic E-state index is 12.0. The SMILES string of the molecule is C[C@H](Oc1cccc(Cl)c1)C(=O)NCCSCc1ccc(Cl)c(Cl)c1. The molecular formula is C18H18Cl3NO2S. The number of hydrogen-bond acceptors (Lipinski definition) is 3. The van der Waals surface area contributed by atoms with Crippen LogP contribution in [0.4, 0.5) is 0 Å². The lowest BCUT2D eigenvalue weighted by Crippen LogP contribution is -2.37. The van der Waals surface area contributed by atoms with Crippen molar-refractivity contribution >= 4 is 52.5 Å². The second-order valence-corrected chi connectivity index (χ2v) is 7.67. The van der Waals surface area contributed by atoms with Crippen molar-refractivity contribution in [3.63, 3.8) is 0 Å². The number of carbonyl (C=O) groups excluding carboxylic acids is 1. The van der Waals surface area contributed by atoms with E-state index in [-0.39, 0.29) is 5.91 Å². The van der Waals surface area contributed by atoms with Gasteiger partial charge in [-0.2, -0.15) is 11.8 Å². The van der Waals surface area contributed by atoms with Crippen LogP contribution in [0.15, 0.2) is 42.5 Å². The van der Waals surface area contributed by atoms with Crippen LogP contribution < -0.4 is 10.1 Å². The molecule has 0 spiro atoms. The van der Waals surface area contributed by atoms with E-state index >= 15 is 0 Å². The van der Waals surface area contributed by atoms with Crippen LogP contribution in [0, 0.1) is 0 Å². The lowest BCUT2D eigenvalue weighted by molar-refractivity contribution is -0.127. The second kappa shape index (κ2) is 10.2. The quantitative estimate of drug-likeness (QED) is 0.578. The zero-order chi connectivity index (χ0) is 18.2. The molecule has 0 unspecified atom stereocenters. The topological polar surface area (TPSA) is 38.3 Å². The van der Waals surface area contributed by atoms with E-state index in [9.17, 15) is 4.79 Å². The third-order valence-corrected chi connectivity index (χ3v) is 5.28. The third-order valence-electron chi connectivity index (χ3n) is 3.28. The molecule has 1 amide bonds. The molecule has 2 rings (SSSR count). The van der Waals surface area contributed by atoms with Crippen LogP contribution >= 0.6 is 46.6 Å². The Labute approximate surface area is 167 Å². The molecule has 0 aromatic heterocycles. The van der Waals surface area contributed by atoms with E-state index in [4.69, 9.17) is 39.5 Å². The maximum Gasteiger partial charge on any atom is 0.260 e. The van der Waals surface area contributed by atoms with Crippen molar-refractivity contribution in [1.29, 1.82) is 0 Å². The fraction of sp³-hybridized carbons (Fsp3) is 0.278. The van der Waals surface area contributed by atoms with E-state index in [2.05, 4.69) is 5.32 Å². The summed E-state index contributed by atoms with van der Waals surface area (Å²) in [4.78, 5) is 12.0. The summed E-state index contributed by atoms with van der Waals surface area (Å²) in [6.45, 7) is 2.27. The molecule has 134 valence electrons. The average molecular weight is 419 g/mol. The average Bonchev–Trinajstić information content (AvgIpc) is 2.57. The van der Waals surface area contributed by atoms with Crippen molar-refractivity contribution < 1.29 is 9.53 Å². The van der Waals surface area contributed by atoms with Gasteiger partial charge in [-0.3, -0.25) is 4.79 Å². The van der Waals surface area contributed by atoms with Crippen molar-refractivity contribution in [3.05, 3.63) is 63.1 Å². The standard InChI is InChI=1S/C18H18Cl3NO2S/c1-12(24-15-4-2-3-14(19)10-15)18(23)22-7-8-25-11-13-5-6-16(20)17(21)9-13/h2-6,9-10,12H,7-8,11H2,1H3,(H,22,23)/t12-/m0/s1. The summed E-state index contributed by atoms with van der Waals surface area (Å²) in [6.07, 6.45) is -0.585. The highest BCUT2D eigenvalue weighted by molar-refractivity contribution is 7.98. The van der Waals surface area contributed by atoms with Gasteiger partial charge in [0.15, 0.2) is 6.10 Å². The van der Waals surface area contributed by atoms with Gasteiger partial charge in [0.2, 0.25) is 0 Å². The maximum atomic E-state index is 12.0. The summed E-state index contributed by atoms with van der Waals surface area (Å²) >= 11 is 19.5. The minimum Gasteiger partial charge on any atom is -0.481 e. The summed E-state index contributed by atoms with van der Waals surface area (Å²) in [5.74, 6) is 2.01. The molecule has 0 aliphatic carbocycles. The fourth-order valence-electron chi connectivity index (χ4n) is 2.01. The van der Waals surface area contributed by atoms with Crippen molar-refractivity contribution in [2.75, 3.05) is 12.3 Å². The highest BCUT2D eigenvalue weighted by Gasteiger charge is 2.14. The number of halogens is 3. The Hall–Kier alpha value is -1.07. The second-order valence-electron chi connectivity index (χ2n) is 5.31. The van der Waals surface area contributed by atoms with E-state index in [0.717, 1.165) is 17.1 Å². The van der Waals surface area contributed by atoms with E-state index in [1.54, 1.807) is 49.0 Å². The van der Waals surface area contributed by atoms with Crippen LogP contribution in [-0.2, 0) is 10.5 Å². The summed E-state index contributed by atoms with van der Waals surface area (Å²) in [6, 6.07) is 12.6. The van der Waals surface area contributed by atoms with Gasteiger partial charge in [-0.25, -0.2) is 0 Å². The monoisotopic (exact) mass is 417 g/mol. The molecule has 7 heteroatoms. The minimum atomic E-state index is -0.585. The number of carbonyl (C=O) groups is 1. The molecule has 0 aliphatic heterocycles. The number of hydrogen-bond donors (Lipinski definition) is 1. The molecule has 3 nitrogen and oxygen atoms in total. The van der Waals surface area contributed by atoms with Crippen LogP contribution in [0.25, 0.3) is 0 Å². The summed E-state index contributed by atoms with van der Waals surface area (Å²) in [5.41, 5.74) is 1.10. The molecule has 1 N–H and O–H groups in total. The number of nitrogens with one attached hydrogen (secondary N) is 1. The van der Waals surface area contributed by atoms with Gasteiger partial charge in [0.05, 0.1) is 10.0 Å².